The standard InChI is InChI=1S/C21H25N5/c1-17-12-14-25(15-13-17)20(19-10-6-3-7-11-19)21-22-23-24-26(21)16-18-8-4-2-5-9-18/h2-11,17,20H,12-16H2,1H3. The van der Waals surface area contributed by atoms with Gasteiger partial charge in [-0.2, -0.15) is 0 Å². The minimum absolute atomic E-state index is 0.0995. The maximum absolute atomic E-state index is 4.44. The van der Waals surface area contributed by atoms with Crippen LogP contribution in [0, 0.1) is 5.92 Å². The fourth-order valence-corrected chi connectivity index (χ4v) is 3.72. The molecular weight excluding hydrogens is 322 g/mol. The van der Waals surface area contributed by atoms with E-state index in [4.69, 9.17) is 0 Å². The third kappa shape index (κ3) is 3.68. The van der Waals surface area contributed by atoms with Crippen molar-refractivity contribution in [3.8, 4) is 0 Å². The van der Waals surface area contributed by atoms with Crippen LogP contribution in [0.25, 0.3) is 0 Å². The zero-order valence-electron chi connectivity index (χ0n) is 15.2. The first-order valence-corrected chi connectivity index (χ1v) is 9.40. The molecule has 3 aromatic rings. The minimum atomic E-state index is 0.0995. The highest BCUT2D eigenvalue weighted by molar-refractivity contribution is 5.25. The number of rotatable bonds is 5. The van der Waals surface area contributed by atoms with Gasteiger partial charge in [-0.3, -0.25) is 4.90 Å². The number of aromatic nitrogens is 4. The van der Waals surface area contributed by atoms with Crippen LogP contribution in [0.2, 0.25) is 0 Å². The van der Waals surface area contributed by atoms with Crippen molar-refractivity contribution < 1.29 is 0 Å². The summed E-state index contributed by atoms with van der Waals surface area (Å²) < 4.78 is 1.95. The van der Waals surface area contributed by atoms with Crippen molar-refractivity contribution in [1.29, 1.82) is 0 Å². The van der Waals surface area contributed by atoms with E-state index in [1.54, 1.807) is 0 Å². The number of benzene rings is 2. The summed E-state index contributed by atoms with van der Waals surface area (Å²) >= 11 is 0. The van der Waals surface area contributed by atoms with Crippen molar-refractivity contribution in [2.45, 2.75) is 32.4 Å². The Kier molecular flexibility index (Phi) is 5.07. The lowest BCUT2D eigenvalue weighted by Gasteiger charge is -2.36. The zero-order valence-corrected chi connectivity index (χ0v) is 15.2. The van der Waals surface area contributed by atoms with E-state index in [-0.39, 0.29) is 6.04 Å². The van der Waals surface area contributed by atoms with Crippen LogP contribution >= 0.6 is 0 Å². The Labute approximate surface area is 154 Å². The molecule has 1 fully saturated rings. The minimum Gasteiger partial charge on any atom is -0.290 e. The Morgan fingerprint density at radius 3 is 2.31 bits per heavy atom. The summed E-state index contributed by atoms with van der Waals surface area (Å²) in [5.74, 6) is 1.72. The summed E-state index contributed by atoms with van der Waals surface area (Å²) in [6, 6.07) is 21.1. The molecule has 1 aliphatic heterocycles. The van der Waals surface area contributed by atoms with Gasteiger partial charge in [0.1, 0.15) is 0 Å². The summed E-state index contributed by atoms with van der Waals surface area (Å²) in [5.41, 5.74) is 2.46. The summed E-state index contributed by atoms with van der Waals surface area (Å²) in [7, 11) is 0. The molecule has 1 unspecified atom stereocenters. The highest BCUT2D eigenvalue weighted by Crippen LogP contribution is 2.31. The number of hydrogen-bond donors (Lipinski definition) is 0. The van der Waals surface area contributed by atoms with Crippen molar-refractivity contribution in [2.24, 2.45) is 5.92 Å². The Hall–Kier alpha value is -2.53. The molecule has 1 saturated heterocycles. The van der Waals surface area contributed by atoms with Crippen LogP contribution in [0.15, 0.2) is 60.7 Å². The fourth-order valence-electron chi connectivity index (χ4n) is 3.72. The second kappa shape index (κ2) is 7.79. The van der Waals surface area contributed by atoms with Crippen molar-refractivity contribution >= 4 is 0 Å². The monoisotopic (exact) mass is 347 g/mol. The van der Waals surface area contributed by atoms with Gasteiger partial charge in [-0.05, 0) is 53.4 Å². The summed E-state index contributed by atoms with van der Waals surface area (Å²) in [4.78, 5) is 2.53. The van der Waals surface area contributed by atoms with Gasteiger partial charge in [0.05, 0.1) is 12.6 Å². The van der Waals surface area contributed by atoms with Crippen LogP contribution in [-0.4, -0.2) is 38.2 Å². The predicted octanol–water partition coefficient (Wildman–Crippen LogP) is 3.54. The first kappa shape index (κ1) is 16.9. The molecule has 26 heavy (non-hydrogen) atoms. The van der Waals surface area contributed by atoms with E-state index in [1.165, 1.54) is 24.0 Å². The van der Waals surface area contributed by atoms with Gasteiger partial charge in [0.15, 0.2) is 5.82 Å². The number of nitrogens with zero attached hydrogens (tertiary/aromatic N) is 5. The summed E-state index contributed by atoms with van der Waals surface area (Å²) in [6.07, 6.45) is 2.45. The molecule has 0 bridgehead atoms. The zero-order chi connectivity index (χ0) is 17.8. The average molecular weight is 347 g/mol. The summed E-state index contributed by atoms with van der Waals surface area (Å²) in [5, 5.41) is 12.8. The molecule has 0 radical (unpaired) electrons. The molecule has 2 heterocycles. The highest BCUT2D eigenvalue weighted by atomic mass is 15.5. The van der Waals surface area contributed by atoms with Gasteiger partial charge >= 0.3 is 0 Å². The van der Waals surface area contributed by atoms with Crippen LogP contribution in [0.1, 0.15) is 42.8 Å². The smallest absolute Gasteiger partial charge is 0.173 e. The Balaban J connectivity index is 1.67. The number of tetrazole rings is 1. The lowest BCUT2D eigenvalue weighted by Crippen LogP contribution is -2.38. The molecule has 0 N–H and O–H groups in total. The molecule has 1 atom stereocenters. The molecule has 2 aromatic carbocycles. The second-order valence-corrected chi connectivity index (χ2v) is 7.21. The van der Waals surface area contributed by atoms with E-state index >= 15 is 0 Å². The van der Waals surface area contributed by atoms with Crippen LogP contribution in [0.5, 0.6) is 0 Å². The largest absolute Gasteiger partial charge is 0.290 e. The molecule has 0 saturated carbocycles. The molecule has 4 rings (SSSR count). The van der Waals surface area contributed by atoms with Crippen LogP contribution < -0.4 is 0 Å². The van der Waals surface area contributed by atoms with Gasteiger partial charge in [0.25, 0.3) is 0 Å². The molecule has 5 nitrogen and oxygen atoms in total. The van der Waals surface area contributed by atoms with E-state index in [0.29, 0.717) is 6.54 Å². The number of hydrogen-bond acceptors (Lipinski definition) is 4. The molecule has 1 aromatic heterocycles. The molecular formula is C21H25N5. The third-order valence-electron chi connectivity index (χ3n) is 5.28. The first-order valence-electron chi connectivity index (χ1n) is 9.40. The van der Waals surface area contributed by atoms with Crippen LogP contribution in [-0.2, 0) is 6.54 Å². The van der Waals surface area contributed by atoms with Crippen molar-refractivity contribution in [1.82, 2.24) is 25.1 Å². The van der Waals surface area contributed by atoms with E-state index in [1.807, 2.05) is 10.7 Å². The SMILES string of the molecule is CC1CCN(C(c2ccccc2)c2nnnn2Cc2ccccc2)CC1. The van der Waals surface area contributed by atoms with Gasteiger partial charge in [-0.15, -0.1) is 5.10 Å². The van der Waals surface area contributed by atoms with Gasteiger partial charge in [0, 0.05) is 0 Å². The predicted molar refractivity (Wildman–Crippen MR) is 102 cm³/mol. The molecule has 0 amide bonds. The van der Waals surface area contributed by atoms with Gasteiger partial charge < -0.3 is 0 Å². The van der Waals surface area contributed by atoms with Crippen molar-refractivity contribution in [2.75, 3.05) is 13.1 Å². The van der Waals surface area contributed by atoms with Crippen molar-refractivity contribution in [3.05, 3.63) is 77.6 Å². The molecule has 5 heteroatoms. The number of piperidine rings is 1. The molecule has 0 aliphatic carbocycles. The fraction of sp³-hybridized carbons (Fsp3) is 0.381. The third-order valence-corrected chi connectivity index (χ3v) is 5.28. The average Bonchev–Trinajstić information content (AvgIpc) is 3.13. The maximum atomic E-state index is 4.44. The molecule has 1 aliphatic rings. The van der Waals surface area contributed by atoms with E-state index in [9.17, 15) is 0 Å². The Morgan fingerprint density at radius 2 is 1.62 bits per heavy atom. The Morgan fingerprint density at radius 1 is 0.962 bits per heavy atom. The van der Waals surface area contributed by atoms with Crippen LogP contribution in [0.4, 0.5) is 0 Å². The second-order valence-electron chi connectivity index (χ2n) is 7.21. The first-order chi connectivity index (χ1) is 12.8. The Bertz CT molecular complexity index is 807. The van der Waals surface area contributed by atoms with Gasteiger partial charge in [-0.1, -0.05) is 67.6 Å². The summed E-state index contributed by atoms with van der Waals surface area (Å²) in [6.45, 7) is 5.20. The van der Waals surface area contributed by atoms with Crippen molar-refractivity contribution in [3.63, 3.8) is 0 Å². The van der Waals surface area contributed by atoms with Crippen LogP contribution in [0.3, 0.4) is 0 Å². The highest BCUT2D eigenvalue weighted by Gasteiger charge is 2.30. The number of likely N-dealkylation sites (tertiary alicyclic amines) is 1. The lowest BCUT2D eigenvalue weighted by molar-refractivity contribution is 0.150. The van der Waals surface area contributed by atoms with E-state index in [0.717, 1.165) is 24.8 Å². The quantitative estimate of drug-likeness (QED) is 0.708. The van der Waals surface area contributed by atoms with Gasteiger partial charge in [-0.25, -0.2) is 4.68 Å². The lowest BCUT2D eigenvalue weighted by atomic mass is 9.95. The topological polar surface area (TPSA) is 46.8 Å². The van der Waals surface area contributed by atoms with Gasteiger partial charge in [0.2, 0.25) is 0 Å². The van der Waals surface area contributed by atoms with E-state index < -0.39 is 0 Å². The molecule has 134 valence electrons. The maximum Gasteiger partial charge on any atom is 0.173 e. The normalized spacial score (nSPS) is 17.3. The van der Waals surface area contributed by atoms with E-state index in [2.05, 4.69) is 81.9 Å². The molecule has 0 spiro atoms.